The largest absolute Gasteiger partial charge is 0.457 e. The maximum atomic E-state index is 15.2. The van der Waals surface area contributed by atoms with E-state index in [1.165, 1.54) is 36.4 Å². The van der Waals surface area contributed by atoms with Crippen LogP contribution in [-0.4, -0.2) is 198 Å². The molecule has 6 amide bonds. The summed E-state index contributed by atoms with van der Waals surface area (Å²) in [6, 6.07) is 9.25. The van der Waals surface area contributed by atoms with E-state index in [0.717, 1.165) is 6.92 Å². The van der Waals surface area contributed by atoms with Crippen LogP contribution in [0.2, 0.25) is 0 Å². The fourth-order valence-corrected chi connectivity index (χ4v) is 9.75. The van der Waals surface area contributed by atoms with Crippen molar-refractivity contribution >= 4 is 54.3 Å². The molecule has 29 nitrogen and oxygen atoms in total. The second-order valence-corrected chi connectivity index (χ2v) is 27.3. The first kappa shape index (κ1) is 75.2. The Labute approximate surface area is 536 Å². The van der Waals surface area contributed by atoms with Crippen molar-refractivity contribution in [2.24, 2.45) is 0 Å². The van der Waals surface area contributed by atoms with Crippen LogP contribution in [0.25, 0.3) is 0 Å². The van der Waals surface area contributed by atoms with E-state index in [1.54, 1.807) is 128 Å². The Morgan fingerprint density at radius 1 is 0.522 bits per heavy atom. The zero-order valence-corrected chi connectivity index (χ0v) is 55.3. The first-order valence-corrected chi connectivity index (χ1v) is 30.5. The van der Waals surface area contributed by atoms with Gasteiger partial charge in [0.1, 0.15) is 58.5 Å². The van der Waals surface area contributed by atoms with Gasteiger partial charge in [0.15, 0.2) is 30.9 Å². The molecule has 2 heterocycles. The Kier molecular flexibility index (Phi) is 26.4. The van der Waals surface area contributed by atoms with Crippen molar-refractivity contribution in [2.45, 2.75) is 250 Å². The highest BCUT2D eigenvalue weighted by molar-refractivity contribution is 5.92. The fraction of sp³-hybridized carbons (Fsp3) is 0.667. The number of hydrogen-bond donors (Lipinski definition) is 8. The summed E-state index contributed by atoms with van der Waals surface area (Å²) < 4.78 is 72.7. The number of alkyl carbamates (subject to hydrolysis) is 5. The van der Waals surface area contributed by atoms with Crippen molar-refractivity contribution in [3.05, 3.63) is 71.8 Å². The highest BCUT2D eigenvalue weighted by Gasteiger charge is 2.57. The molecule has 2 aromatic rings. The Morgan fingerprint density at radius 3 is 1.48 bits per heavy atom. The molecule has 0 radical (unpaired) electrons. The molecule has 0 spiro atoms. The second-order valence-electron chi connectivity index (χ2n) is 27.3. The summed E-state index contributed by atoms with van der Waals surface area (Å²) in [6.07, 6.45) is -22.7. The number of esters is 3. The quantitative estimate of drug-likeness (QED) is 0.0579. The van der Waals surface area contributed by atoms with Crippen LogP contribution in [0, 0.1) is 0 Å². The highest BCUT2D eigenvalue weighted by Crippen LogP contribution is 2.36. The van der Waals surface area contributed by atoms with E-state index in [0.29, 0.717) is 0 Å². The number of benzene rings is 2. The summed E-state index contributed by atoms with van der Waals surface area (Å²) >= 11 is 0. The second kappa shape index (κ2) is 32.3. The molecule has 6 unspecified atom stereocenters. The number of rotatable bonds is 20. The Hall–Kier alpha value is -7.57. The van der Waals surface area contributed by atoms with Gasteiger partial charge in [0.25, 0.3) is 5.91 Å². The number of nitrogens with one attached hydrogen (secondary N) is 6. The summed E-state index contributed by atoms with van der Waals surface area (Å²) in [4.78, 5) is 125. The molecule has 0 bridgehead atoms. The van der Waals surface area contributed by atoms with E-state index >= 15 is 4.79 Å². The summed E-state index contributed by atoms with van der Waals surface area (Å²) in [7, 11) is 0. The topological polar surface area (TPSA) is 377 Å². The standard InChI is InChI=1S/C63H94N6O23/c1-34(71)81-48-45(87-53-47(85-51(75)36-25-21-18-22-26-36)43(44(72)42(33-70)84-53)69-58(80)92-63(14,15)16)39(66-49(73)41(29-30-64-54(76)88-59(2,3)4)83-50(74)35-23-19-17-20-24-35)31-40(68-57(79)91-62(11,12)13)46(48)86-52-38(67-56(78)90-61(8,9)10)28-27-37(82-52)32-65-55(77)89-60(5,6)7/h17-26,37-48,52-53,70,72H,27-33H2,1-16H3,(H,64,76)(H,65,77)(H,66,73)(H,67,78)(H,68,79)(H,69,80)/t37?,38?,39-,40+,41+,42?,43+,44+,45-,46?,47?,48?,52+,53+/m1/s1. The van der Waals surface area contributed by atoms with Crippen molar-refractivity contribution in [1.29, 1.82) is 0 Å². The third-order valence-electron chi connectivity index (χ3n) is 13.3. The molecule has 14 atom stereocenters. The summed E-state index contributed by atoms with van der Waals surface area (Å²) in [5.41, 5.74) is -5.05. The van der Waals surface area contributed by atoms with Crippen molar-refractivity contribution < 1.29 is 110 Å². The van der Waals surface area contributed by atoms with Crippen LogP contribution >= 0.6 is 0 Å². The van der Waals surface area contributed by atoms with Crippen LogP contribution in [0.15, 0.2) is 60.7 Å². The average Bonchev–Trinajstić information content (AvgIpc) is 0.767. The van der Waals surface area contributed by atoms with E-state index in [2.05, 4.69) is 31.9 Å². The van der Waals surface area contributed by atoms with Gasteiger partial charge in [0.05, 0.1) is 42.0 Å². The smallest absolute Gasteiger partial charge is 0.408 e. The molecular weight excluding hydrogens is 1210 g/mol. The third-order valence-corrected chi connectivity index (χ3v) is 13.3. The van der Waals surface area contributed by atoms with E-state index in [9.17, 15) is 48.6 Å². The van der Waals surface area contributed by atoms with Gasteiger partial charge in [-0.3, -0.25) is 9.59 Å². The van der Waals surface area contributed by atoms with Gasteiger partial charge < -0.3 is 99.0 Å². The number of hydrogen-bond acceptors (Lipinski definition) is 23. The summed E-state index contributed by atoms with van der Waals surface area (Å²) in [6.45, 7) is 23.9. The van der Waals surface area contributed by atoms with Gasteiger partial charge in [-0.25, -0.2) is 33.6 Å². The van der Waals surface area contributed by atoms with Gasteiger partial charge in [0.2, 0.25) is 0 Å². The van der Waals surface area contributed by atoms with Gasteiger partial charge in [0, 0.05) is 26.4 Å². The summed E-state index contributed by atoms with van der Waals surface area (Å²) in [5.74, 6) is -4.09. The molecule has 92 heavy (non-hydrogen) atoms. The van der Waals surface area contributed by atoms with E-state index in [-0.39, 0.29) is 37.1 Å². The minimum absolute atomic E-state index is 0.0231. The molecule has 3 aliphatic rings. The number of aliphatic hydroxyl groups is 2. The molecular formula is C63H94N6O23. The van der Waals surface area contributed by atoms with Crippen LogP contribution in [-0.2, 0) is 66.4 Å². The molecule has 2 aliphatic heterocycles. The minimum atomic E-state index is -2.05. The van der Waals surface area contributed by atoms with Crippen LogP contribution in [0.5, 0.6) is 0 Å². The number of ether oxygens (including phenoxy) is 12. The normalized spacial score (nSPS) is 25.6. The number of carbonyl (C=O) groups is 9. The zero-order chi connectivity index (χ0) is 68.7. The highest BCUT2D eigenvalue weighted by atomic mass is 16.7. The lowest BCUT2D eigenvalue weighted by atomic mass is 9.82. The molecule has 3 fully saturated rings. The maximum Gasteiger partial charge on any atom is 0.408 e. The predicted octanol–water partition coefficient (Wildman–Crippen LogP) is 5.73. The number of carbonyl (C=O) groups excluding carboxylic acids is 9. The number of aliphatic hydroxyl groups excluding tert-OH is 2. The van der Waals surface area contributed by atoms with Crippen molar-refractivity contribution in [1.82, 2.24) is 31.9 Å². The summed E-state index contributed by atoms with van der Waals surface area (Å²) in [5, 5.41) is 38.9. The predicted molar refractivity (Wildman–Crippen MR) is 325 cm³/mol. The molecule has 1 saturated carbocycles. The first-order valence-electron chi connectivity index (χ1n) is 30.5. The molecule has 0 aromatic heterocycles. The van der Waals surface area contributed by atoms with Crippen LogP contribution in [0.3, 0.4) is 0 Å². The van der Waals surface area contributed by atoms with Crippen LogP contribution < -0.4 is 31.9 Å². The number of amides is 6. The Morgan fingerprint density at radius 2 is 0.978 bits per heavy atom. The maximum absolute atomic E-state index is 15.2. The van der Waals surface area contributed by atoms with Gasteiger partial charge in [-0.1, -0.05) is 36.4 Å². The van der Waals surface area contributed by atoms with Crippen molar-refractivity contribution in [3.8, 4) is 0 Å². The average molecular weight is 1300 g/mol. The van der Waals surface area contributed by atoms with Crippen LogP contribution in [0.1, 0.15) is 157 Å². The van der Waals surface area contributed by atoms with E-state index in [1.807, 2.05) is 0 Å². The van der Waals surface area contributed by atoms with Gasteiger partial charge in [-0.05, 0) is 147 Å². The van der Waals surface area contributed by atoms with Crippen molar-refractivity contribution in [2.75, 3.05) is 19.7 Å². The van der Waals surface area contributed by atoms with E-state index in [4.69, 9.17) is 56.8 Å². The van der Waals surface area contributed by atoms with Crippen LogP contribution in [0.4, 0.5) is 24.0 Å². The lowest BCUT2D eigenvalue weighted by Crippen LogP contribution is -2.71. The van der Waals surface area contributed by atoms with Gasteiger partial charge in [-0.2, -0.15) is 0 Å². The Balaban J connectivity index is 1.75. The lowest BCUT2D eigenvalue weighted by molar-refractivity contribution is -0.316. The van der Waals surface area contributed by atoms with Gasteiger partial charge >= 0.3 is 48.4 Å². The van der Waals surface area contributed by atoms with Crippen molar-refractivity contribution in [3.63, 3.8) is 0 Å². The van der Waals surface area contributed by atoms with Gasteiger partial charge in [-0.15, -0.1) is 0 Å². The molecule has 5 rings (SSSR count). The zero-order valence-electron chi connectivity index (χ0n) is 55.3. The fourth-order valence-electron chi connectivity index (χ4n) is 9.75. The monoisotopic (exact) mass is 1300 g/mol. The first-order chi connectivity index (χ1) is 42.7. The Bertz CT molecular complexity index is 2810. The molecule has 2 saturated heterocycles. The molecule has 1 aliphatic carbocycles. The van der Waals surface area contributed by atoms with E-state index < -0.39 is 187 Å². The SMILES string of the molecule is CC(=O)OC1C(O[C@@H]2OC(CNC(=O)OC(C)(C)C)CCC2NC(=O)OC(C)(C)C)[C@@H](NC(=O)OC(C)(C)C)C[C@@H](NC(=O)[C@H](CCNC(=O)OC(C)(C)C)OC(=O)c2ccccc2)[C@H]1O[C@@H]1OC(CO)[C@H](O)[C@H](NC(=O)OC(C)(C)C)C1OC(=O)c1ccccc1. The molecule has 29 heteroatoms. The third kappa shape index (κ3) is 25.1. The lowest BCUT2D eigenvalue weighted by Gasteiger charge is -2.50. The molecule has 2 aromatic carbocycles. The molecule has 514 valence electrons. The molecule has 8 N–H and O–H groups in total. The minimum Gasteiger partial charge on any atom is -0.457 e.